The second kappa shape index (κ2) is 6.51. The molecule has 120 valence electrons. The third-order valence-electron chi connectivity index (χ3n) is 3.68. The Morgan fingerprint density at radius 1 is 1.39 bits per heavy atom. The molecule has 1 fully saturated rings. The average molecular weight is 315 g/mol. The van der Waals surface area contributed by atoms with E-state index in [1.54, 1.807) is 23.1 Å². The molecule has 2 amide bonds. The molecule has 0 bridgehead atoms. The summed E-state index contributed by atoms with van der Waals surface area (Å²) in [4.78, 5) is 29.1. The average Bonchev–Trinajstić information content (AvgIpc) is 3.09. The molecule has 1 saturated heterocycles. The third-order valence-corrected chi connectivity index (χ3v) is 3.68. The Kier molecular flexibility index (Phi) is 4.27. The summed E-state index contributed by atoms with van der Waals surface area (Å²) in [5.41, 5.74) is 5.37. The molecule has 2 aromatic rings. The van der Waals surface area contributed by atoms with E-state index in [0.717, 1.165) is 12.8 Å². The van der Waals surface area contributed by atoms with E-state index in [-0.39, 0.29) is 17.7 Å². The fraction of sp³-hybridized carbons (Fsp3) is 0.312. The minimum Gasteiger partial charge on any atom is -0.488 e. The number of amides is 2. The number of rotatable bonds is 4. The Morgan fingerprint density at radius 3 is 3.00 bits per heavy atom. The Balaban J connectivity index is 1.66. The minimum atomic E-state index is -0.603. The lowest BCUT2D eigenvalue weighted by molar-refractivity contribution is 0.0510. The Morgan fingerprint density at radius 2 is 2.26 bits per heavy atom. The van der Waals surface area contributed by atoms with Gasteiger partial charge in [-0.15, -0.1) is 0 Å². The highest BCUT2D eigenvalue weighted by molar-refractivity contribution is 5.91. The van der Waals surface area contributed by atoms with Crippen molar-refractivity contribution in [3.05, 3.63) is 48.2 Å². The Hall–Kier alpha value is -2.83. The number of carbonyl (C=O) groups is 2. The van der Waals surface area contributed by atoms with Crippen molar-refractivity contribution in [2.75, 3.05) is 13.1 Å². The molecule has 1 atom stereocenters. The highest BCUT2D eigenvalue weighted by Gasteiger charge is 2.27. The SMILES string of the molecule is NC(=O)c1cc(OC2CCCN(C(=O)c3ccco3)C2)ccn1. The molecule has 3 rings (SSSR count). The predicted octanol–water partition coefficient (Wildman–Crippen LogP) is 1.46. The van der Waals surface area contributed by atoms with E-state index >= 15 is 0 Å². The highest BCUT2D eigenvalue weighted by atomic mass is 16.5. The molecule has 7 nitrogen and oxygen atoms in total. The first-order valence-electron chi connectivity index (χ1n) is 7.39. The van der Waals surface area contributed by atoms with Gasteiger partial charge in [0, 0.05) is 18.8 Å². The fourth-order valence-electron chi connectivity index (χ4n) is 2.59. The first-order chi connectivity index (χ1) is 11.1. The first-order valence-corrected chi connectivity index (χ1v) is 7.39. The molecular formula is C16H17N3O4. The monoisotopic (exact) mass is 315 g/mol. The molecule has 1 unspecified atom stereocenters. The van der Waals surface area contributed by atoms with Gasteiger partial charge in [0.1, 0.15) is 17.5 Å². The molecule has 1 aliphatic heterocycles. The number of pyridine rings is 1. The predicted molar refractivity (Wildman–Crippen MR) is 81.0 cm³/mol. The fourth-order valence-corrected chi connectivity index (χ4v) is 2.59. The van der Waals surface area contributed by atoms with E-state index < -0.39 is 5.91 Å². The molecule has 2 N–H and O–H groups in total. The van der Waals surface area contributed by atoms with Gasteiger partial charge in [0.15, 0.2) is 5.76 Å². The number of piperidine rings is 1. The van der Waals surface area contributed by atoms with E-state index in [9.17, 15) is 9.59 Å². The lowest BCUT2D eigenvalue weighted by Crippen LogP contribution is -2.44. The molecule has 3 heterocycles. The topological polar surface area (TPSA) is 98.7 Å². The molecule has 7 heteroatoms. The van der Waals surface area contributed by atoms with Crippen LogP contribution < -0.4 is 10.5 Å². The number of likely N-dealkylation sites (tertiary alicyclic amines) is 1. The number of hydrogen-bond donors (Lipinski definition) is 1. The third kappa shape index (κ3) is 3.50. The summed E-state index contributed by atoms with van der Waals surface area (Å²) in [6, 6.07) is 6.51. The van der Waals surface area contributed by atoms with Crippen LogP contribution in [-0.2, 0) is 0 Å². The van der Waals surface area contributed by atoms with Gasteiger partial charge in [-0.1, -0.05) is 0 Å². The number of nitrogens with two attached hydrogens (primary N) is 1. The minimum absolute atomic E-state index is 0.143. The lowest BCUT2D eigenvalue weighted by atomic mass is 10.1. The summed E-state index contributed by atoms with van der Waals surface area (Å²) in [6.07, 6.45) is 4.48. The summed E-state index contributed by atoms with van der Waals surface area (Å²) >= 11 is 0. The number of aromatic nitrogens is 1. The number of primary amides is 1. The molecule has 0 radical (unpaired) electrons. The number of ether oxygens (including phenoxy) is 1. The Bertz CT molecular complexity index is 699. The first kappa shape index (κ1) is 15.1. The van der Waals surface area contributed by atoms with Crippen LogP contribution in [0.2, 0.25) is 0 Å². The molecular weight excluding hydrogens is 298 g/mol. The van der Waals surface area contributed by atoms with E-state index in [2.05, 4.69) is 4.98 Å². The van der Waals surface area contributed by atoms with Crippen LogP contribution >= 0.6 is 0 Å². The number of nitrogens with zero attached hydrogens (tertiary/aromatic N) is 2. The molecule has 0 spiro atoms. The molecule has 23 heavy (non-hydrogen) atoms. The number of carbonyl (C=O) groups excluding carboxylic acids is 2. The normalized spacial score (nSPS) is 17.7. The number of furan rings is 1. The van der Waals surface area contributed by atoms with Crippen molar-refractivity contribution in [1.82, 2.24) is 9.88 Å². The van der Waals surface area contributed by atoms with Gasteiger partial charge in [0.25, 0.3) is 11.8 Å². The number of hydrogen-bond acceptors (Lipinski definition) is 5. The van der Waals surface area contributed by atoms with Crippen LogP contribution in [0.15, 0.2) is 41.1 Å². The summed E-state index contributed by atoms with van der Waals surface area (Å²) < 4.78 is 11.0. The Labute approximate surface area is 133 Å². The summed E-state index contributed by atoms with van der Waals surface area (Å²) in [7, 11) is 0. The zero-order valence-electron chi connectivity index (χ0n) is 12.5. The van der Waals surface area contributed by atoms with Crippen LogP contribution in [0.4, 0.5) is 0 Å². The van der Waals surface area contributed by atoms with Gasteiger partial charge in [0.2, 0.25) is 0 Å². The largest absolute Gasteiger partial charge is 0.488 e. The maximum atomic E-state index is 12.3. The maximum Gasteiger partial charge on any atom is 0.289 e. The second-order valence-electron chi connectivity index (χ2n) is 5.35. The van der Waals surface area contributed by atoms with Gasteiger partial charge in [-0.2, -0.15) is 0 Å². The standard InChI is InChI=1S/C16H17N3O4/c17-15(20)13-9-11(5-6-18-13)23-12-3-1-7-19(10-12)16(21)14-4-2-8-22-14/h2,4-6,8-9,12H,1,3,7,10H2,(H2,17,20). The van der Waals surface area contributed by atoms with Gasteiger partial charge in [-0.25, -0.2) is 0 Å². The highest BCUT2D eigenvalue weighted by Crippen LogP contribution is 2.20. The molecule has 0 saturated carbocycles. The summed E-state index contributed by atoms with van der Waals surface area (Å²) in [6.45, 7) is 1.13. The molecule has 1 aliphatic rings. The molecule has 0 aromatic carbocycles. The van der Waals surface area contributed by atoms with Gasteiger partial charge in [-0.05, 0) is 31.0 Å². The zero-order valence-corrected chi connectivity index (χ0v) is 12.5. The molecule has 2 aromatic heterocycles. The molecule has 0 aliphatic carbocycles. The maximum absolute atomic E-state index is 12.3. The van der Waals surface area contributed by atoms with Crippen molar-refractivity contribution in [2.24, 2.45) is 5.73 Å². The van der Waals surface area contributed by atoms with Gasteiger partial charge < -0.3 is 19.8 Å². The van der Waals surface area contributed by atoms with E-state index in [1.807, 2.05) is 0 Å². The lowest BCUT2D eigenvalue weighted by Gasteiger charge is -2.32. The van der Waals surface area contributed by atoms with E-state index in [0.29, 0.717) is 24.6 Å². The van der Waals surface area contributed by atoms with Crippen LogP contribution in [-0.4, -0.2) is 40.9 Å². The van der Waals surface area contributed by atoms with Crippen LogP contribution in [0.1, 0.15) is 33.9 Å². The van der Waals surface area contributed by atoms with E-state index in [1.165, 1.54) is 18.5 Å². The van der Waals surface area contributed by atoms with Crippen molar-refractivity contribution >= 4 is 11.8 Å². The van der Waals surface area contributed by atoms with Crippen LogP contribution in [0, 0.1) is 0 Å². The summed E-state index contributed by atoms with van der Waals surface area (Å²) in [5.74, 6) is 0.0984. The quantitative estimate of drug-likeness (QED) is 0.921. The van der Waals surface area contributed by atoms with Crippen molar-refractivity contribution in [1.29, 1.82) is 0 Å². The van der Waals surface area contributed by atoms with Crippen molar-refractivity contribution < 1.29 is 18.7 Å². The second-order valence-corrected chi connectivity index (χ2v) is 5.35. The zero-order chi connectivity index (χ0) is 16.2. The summed E-state index contributed by atoms with van der Waals surface area (Å²) in [5, 5.41) is 0. The van der Waals surface area contributed by atoms with Crippen LogP contribution in [0.25, 0.3) is 0 Å². The van der Waals surface area contributed by atoms with Gasteiger partial charge >= 0.3 is 0 Å². The van der Waals surface area contributed by atoms with Gasteiger partial charge in [0.05, 0.1) is 12.8 Å². The van der Waals surface area contributed by atoms with Gasteiger partial charge in [-0.3, -0.25) is 14.6 Å². The van der Waals surface area contributed by atoms with Crippen molar-refractivity contribution in [3.63, 3.8) is 0 Å². The van der Waals surface area contributed by atoms with Crippen molar-refractivity contribution in [2.45, 2.75) is 18.9 Å². The van der Waals surface area contributed by atoms with Crippen molar-refractivity contribution in [3.8, 4) is 5.75 Å². The van der Waals surface area contributed by atoms with Crippen LogP contribution in [0.3, 0.4) is 0 Å². The smallest absolute Gasteiger partial charge is 0.289 e. The van der Waals surface area contributed by atoms with Crippen LogP contribution in [0.5, 0.6) is 5.75 Å². The van der Waals surface area contributed by atoms with E-state index in [4.69, 9.17) is 14.9 Å².